The van der Waals surface area contributed by atoms with Gasteiger partial charge in [0.05, 0.1) is 6.10 Å². The SMILES string of the molecule is CC(=O)OC[C@H]1OC(OC2CC(C)CCC2C(C)C)[C@H](OC(C)=O)[C@@H](OC(C)=O)[C@@H]1OC(C)=O. The zero-order valence-corrected chi connectivity index (χ0v) is 21.1. The van der Waals surface area contributed by atoms with E-state index in [1.165, 1.54) is 27.7 Å². The molecule has 10 nitrogen and oxygen atoms in total. The number of ether oxygens (including phenoxy) is 6. The van der Waals surface area contributed by atoms with Crippen LogP contribution in [0, 0.1) is 17.8 Å². The topological polar surface area (TPSA) is 124 Å². The zero-order chi connectivity index (χ0) is 25.6. The molecule has 0 radical (unpaired) electrons. The van der Waals surface area contributed by atoms with Crippen molar-refractivity contribution in [1.29, 1.82) is 0 Å². The fraction of sp³-hybridized carbons (Fsp3) is 0.833. The highest BCUT2D eigenvalue weighted by atomic mass is 16.7. The molecular formula is C24H38O10. The maximum atomic E-state index is 12.0. The number of hydrogen-bond acceptors (Lipinski definition) is 10. The van der Waals surface area contributed by atoms with Crippen molar-refractivity contribution in [3.05, 3.63) is 0 Å². The van der Waals surface area contributed by atoms with Crippen LogP contribution in [0.4, 0.5) is 0 Å². The lowest BCUT2D eigenvalue weighted by molar-refractivity contribution is -0.323. The summed E-state index contributed by atoms with van der Waals surface area (Å²) < 4.78 is 34.0. The van der Waals surface area contributed by atoms with Gasteiger partial charge in [0.2, 0.25) is 0 Å². The maximum Gasteiger partial charge on any atom is 0.303 e. The van der Waals surface area contributed by atoms with Gasteiger partial charge in [-0.05, 0) is 30.6 Å². The highest BCUT2D eigenvalue weighted by molar-refractivity contribution is 5.68. The van der Waals surface area contributed by atoms with Crippen LogP contribution >= 0.6 is 0 Å². The summed E-state index contributed by atoms with van der Waals surface area (Å²) in [5.74, 6) is -1.50. The van der Waals surface area contributed by atoms with Crippen molar-refractivity contribution in [2.75, 3.05) is 6.61 Å². The highest BCUT2D eigenvalue weighted by Gasteiger charge is 2.53. The number of hydrogen-bond donors (Lipinski definition) is 0. The Balaban J connectivity index is 2.43. The lowest BCUT2D eigenvalue weighted by Crippen LogP contribution is -2.63. The van der Waals surface area contributed by atoms with Crippen molar-refractivity contribution < 1.29 is 47.6 Å². The zero-order valence-electron chi connectivity index (χ0n) is 21.1. The molecule has 0 amide bonds. The standard InChI is InChI=1S/C24H38O10/c1-12(2)18-9-8-13(3)10-19(18)33-24-23(32-17(7)28)22(31-16(6)27)21(30-15(5)26)20(34-24)11-29-14(4)25/h12-13,18-24H,8-11H2,1-7H3/t13?,18?,19?,20-,21-,22+,23-,24?/m1/s1. The van der Waals surface area contributed by atoms with Gasteiger partial charge >= 0.3 is 23.9 Å². The van der Waals surface area contributed by atoms with Gasteiger partial charge in [-0.2, -0.15) is 0 Å². The Bertz CT molecular complexity index is 735. The molecule has 34 heavy (non-hydrogen) atoms. The summed E-state index contributed by atoms with van der Waals surface area (Å²) in [5.41, 5.74) is 0. The third-order valence-corrected chi connectivity index (χ3v) is 6.22. The molecule has 2 rings (SSSR count). The Labute approximate surface area is 200 Å². The first-order chi connectivity index (χ1) is 15.9. The third kappa shape index (κ3) is 7.94. The van der Waals surface area contributed by atoms with E-state index in [-0.39, 0.29) is 18.6 Å². The molecule has 1 saturated carbocycles. The molecule has 8 atom stereocenters. The van der Waals surface area contributed by atoms with Gasteiger partial charge in [-0.15, -0.1) is 0 Å². The van der Waals surface area contributed by atoms with Gasteiger partial charge in [0.25, 0.3) is 0 Å². The predicted octanol–water partition coefficient (Wildman–Crippen LogP) is 2.55. The van der Waals surface area contributed by atoms with Gasteiger partial charge in [0, 0.05) is 27.7 Å². The summed E-state index contributed by atoms with van der Waals surface area (Å²) in [6.07, 6.45) is -3.07. The molecule has 194 valence electrons. The first kappa shape index (κ1) is 28.0. The molecule has 0 bridgehead atoms. The minimum absolute atomic E-state index is 0.190. The van der Waals surface area contributed by atoms with Crippen LogP contribution in [0.3, 0.4) is 0 Å². The van der Waals surface area contributed by atoms with E-state index in [1.54, 1.807) is 0 Å². The van der Waals surface area contributed by atoms with E-state index in [2.05, 4.69) is 20.8 Å². The number of carbonyl (C=O) groups is 4. The third-order valence-electron chi connectivity index (χ3n) is 6.22. The fourth-order valence-corrected chi connectivity index (χ4v) is 4.74. The first-order valence-corrected chi connectivity index (χ1v) is 11.8. The number of rotatable bonds is 8. The summed E-state index contributed by atoms with van der Waals surface area (Å²) in [5, 5.41) is 0. The molecule has 1 aliphatic heterocycles. The molecule has 0 aromatic carbocycles. The molecule has 1 aliphatic carbocycles. The Kier molecular flexibility index (Phi) is 10.3. The van der Waals surface area contributed by atoms with E-state index >= 15 is 0 Å². The molecular weight excluding hydrogens is 448 g/mol. The molecule has 0 aromatic heterocycles. The van der Waals surface area contributed by atoms with E-state index in [1.807, 2.05) is 0 Å². The Hall–Kier alpha value is -2.20. The van der Waals surface area contributed by atoms with Crippen LogP contribution < -0.4 is 0 Å². The normalized spacial score (nSPS) is 33.6. The molecule has 2 fully saturated rings. The van der Waals surface area contributed by atoms with Gasteiger partial charge in [0.1, 0.15) is 12.7 Å². The second kappa shape index (κ2) is 12.5. The van der Waals surface area contributed by atoms with Crippen molar-refractivity contribution in [2.24, 2.45) is 17.8 Å². The quantitative estimate of drug-likeness (QED) is 0.373. The van der Waals surface area contributed by atoms with Crippen LogP contribution in [-0.2, 0) is 47.6 Å². The molecule has 0 spiro atoms. The lowest BCUT2D eigenvalue weighted by atomic mass is 9.75. The van der Waals surface area contributed by atoms with E-state index < -0.39 is 54.6 Å². The van der Waals surface area contributed by atoms with Gasteiger partial charge in [-0.1, -0.05) is 27.2 Å². The van der Waals surface area contributed by atoms with Crippen LogP contribution in [0.25, 0.3) is 0 Å². The van der Waals surface area contributed by atoms with Crippen LogP contribution in [-0.4, -0.2) is 67.3 Å². The molecule has 0 N–H and O–H groups in total. The second-order valence-electron chi connectivity index (χ2n) is 9.57. The molecule has 4 unspecified atom stereocenters. The van der Waals surface area contributed by atoms with Crippen molar-refractivity contribution in [2.45, 2.75) is 105 Å². The average Bonchev–Trinajstić information content (AvgIpc) is 2.69. The van der Waals surface area contributed by atoms with Crippen molar-refractivity contribution in [3.63, 3.8) is 0 Å². The summed E-state index contributed by atoms with van der Waals surface area (Å²) in [7, 11) is 0. The molecule has 2 aliphatic rings. The predicted molar refractivity (Wildman–Crippen MR) is 118 cm³/mol. The van der Waals surface area contributed by atoms with Crippen molar-refractivity contribution >= 4 is 23.9 Å². The molecule has 10 heteroatoms. The minimum atomic E-state index is -1.22. The monoisotopic (exact) mass is 486 g/mol. The minimum Gasteiger partial charge on any atom is -0.463 e. The average molecular weight is 487 g/mol. The fourth-order valence-electron chi connectivity index (χ4n) is 4.74. The van der Waals surface area contributed by atoms with Gasteiger partial charge in [-0.3, -0.25) is 19.2 Å². The summed E-state index contributed by atoms with van der Waals surface area (Å²) >= 11 is 0. The smallest absolute Gasteiger partial charge is 0.303 e. The van der Waals surface area contributed by atoms with Crippen molar-refractivity contribution in [3.8, 4) is 0 Å². The van der Waals surface area contributed by atoms with Crippen LogP contribution in [0.15, 0.2) is 0 Å². The van der Waals surface area contributed by atoms with Crippen LogP contribution in [0.2, 0.25) is 0 Å². The summed E-state index contributed by atoms with van der Waals surface area (Å²) in [4.78, 5) is 47.2. The lowest BCUT2D eigenvalue weighted by Gasteiger charge is -2.46. The van der Waals surface area contributed by atoms with E-state index in [4.69, 9.17) is 28.4 Å². The largest absolute Gasteiger partial charge is 0.463 e. The maximum absolute atomic E-state index is 12.0. The summed E-state index contributed by atoms with van der Waals surface area (Å²) in [6, 6.07) is 0. The number of carbonyl (C=O) groups excluding carboxylic acids is 4. The van der Waals surface area contributed by atoms with Crippen LogP contribution in [0.1, 0.15) is 67.7 Å². The summed E-state index contributed by atoms with van der Waals surface area (Å²) in [6.45, 7) is 11.0. The van der Waals surface area contributed by atoms with E-state index in [0.717, 1.165) is 19.3 Å². The molecule has 1 saturated heterocycles. The van der Waals surface area contributed by atoms with Crippen molar-refractivity contribution in [1.82, 2.24) is 0 Å². The highest BCUT2D eigenvalue weighted by Crippen LogP contribution is 2.38. The van der Waals surface area contributed by atoms with Gasteiger partial charge < -0.3 is 28.4 Å². The Morgan fingerprint density at radius 1 is 0.824 bits per heavy atom. The Morgan fingerprint density at radius 3 is 1.91 bits per heavy atom. The van der Waals surface area contributed by atoms with Gasteiger partial charge in [-0.25, -0.2) is 0 Å². The van der Waals surface area contributed by atoms with Crippen LogP contribution in [0.5, 0.6) is 0 Å². The van der Waals surface area contributed by atoms with Gasteiger partial charge in [0.15, 0.2) is 24.6 Å². The van der Waals surface area contributed by atoms with E-state index in [0.29, 0.717) is 11.8 Å². The first-order valence-electron chi connectivity index (χ1n) is 11.8. The second-order valence-corrected chi connectivity index (χ2v) is 9.57. The Morgan fingerprint density at radius 2 is 1.38 bits per heavy atom. The number of esters is 4. The molecule has 0 aromatic rings. The van der Waals surface area contributed by atoms with E-state index in [9.17, 15) is 19.2 Å². The molecule has 1 heterocycles.